The average Bonchev–Trinajstić information content (AvgIpc) is 2.73. The van der Waals surface area contributed by atoms with E-state index in [1.54, 1.807) is 18.2 Å². The van der Waals surface area contributed by atoms with Crippen LogP contribution in [0.15, 0.2) is 72.8 Å². The average molecular weight is 407 g/mol. The van der Waals surface area contributed by atoms with E-state index in [4.69, 9.17) is 11.6 Å². The van der Waals surface area contributed by atoms with Crippen molar-refractivity contribution >= 4 is 29.1 Å². The highest BCUT2D eigenvalue weighted by molar-refractivity contribution is 6.34. The Bertz CT molecular complexity index is 986. The Hall–Kier alpha value is -3.11. The minimum atomic E-state index is -0.215. The van der Waals surface area contributed by atoms with Crippen molar-refractivity contribution in [3.63, 3.8) is 0 Å². The molecule has 0 spiro atoms. The van der Waals surface area contributed by atoms with E-state index in [1.807, 2.05) is 49.4 Å². The molecule has 4 nitrogen and oxygen atoms in total. The number of anilines is 1. The topological polar surface area (TPSA) is 58.2 Å². The first kappa shape index (κ1) is 20.6. The second kappa shape index (κ2) is 9.89. The summed E-state index contributed by atoms with van der Waals surface area (Å²) in [6.45, 7) is 2.58. The van der Waals surface area contributed by atoms with Gasteiger partial charge in [-0.05, 0) is 41.3 Å². The first-order chi connectivity index (χ1) is 14.1. The van der Waals surface area contributed by atoms with E-state index < -0.39 is 0 Å². The normalized spacial score (nSPS) is 10.4. The maximum Gasteiger partial charge on any atom is 0.252 e. The van der Waals surface area contributed by atoms with Crippen LogP contribution in [0.1, 0.15) is 29.3 Å². The third-order valence-corrected chi connectivity index (χ3v) is 4.77. The molecule has 0 atom stereocenters. The Morgan fingerprint density at radius 3 is 2.24 bits per heavy atom. The van der Waals surface area contributed by atoms with Gasteiger partial charge in [0.1, 0.15) is 0 Å². The molecule has 2 amide bonds. The number of hydrogen-bond acceptors (Lipinski definition) is 2. The lowest BCUT2D eigenvalue weighted by molar-refractivity contribution is -0.115. The van der Waals surface area contributed by atoms with Crippen LogP contribution in [0.4, 0.5) is 5.69 Å². The van der Waals surface area contributed by atoms with Crippen LogP contribution in [0.5, 0.6) is 0 Å². The highest BCUT2D eigenvalue weighted by Gasteiger charge is 2.11. The van der Waals surface area contributed by atoms with Gasteiger partial charge in [-0.3, -0.25) is 9.59 Å². The first-order valence-electron chi connectivity index (χ1n) is 9.59. The number of carbonyl (C=O) groups is 2. The van der Waals surface area contributed by atoms with E-state index in [9.17, 15) is 9.59 Å². The molecule has 148 valence electrons. The lowest BCUT2D eigenvalue weighted by Crippen LogP contribution is -2.24. The van der Waals surface area contributed by atoms with Crippen molar-refractivity contribution in [3.05, 3.63) is 88.9 Å². The monoisotopic (exact) mass is 406 g/mol. The summed E-state index contributed by atoms with van der Waals surface area (Å²) in [5.74, 6) is -0.357. The maximum atomic E-state index is 12.4. The molecule has 3 aromatic carbocycles. The van der Waals surface area contributed by atoms with E-state index in [-0.39, 0.29) is 18.2 Å². The molecule has 0 saturated heterocycles. The predicted molar refractivity (Wildman–Crippen MR) is 118 cm³/mol. The van der Waals surface area contributed by atoms with Crippen molar-refractivity contribution in [1.29, 1.82) is 0 Å². The number of hydrogen-bond donors (Lipinski definition) is 2. The van der Waals surface area contributed by atoms with Gasteiger partial charge < -0.3 is 10.6 Å². The van der Waals surface area contributed by atoms with Crippen LogP contribution in [0.25, 0.3) is 11.1 Å². The molecule has 0 saturated carbocycles. The van der Waals surface area contributed by atoms with Gasteiger partial charge in [-0.1, -0.05) is 73.1 Å². The van der Waals surface area contributed by atoms with Gasteiger partial charge in [0.25, 0.3) is 5.91 Å². The summed E-state index contributed by atoms with van der Waals surface area (Å²) < 4.78 is 0. The van der Waals surface area contributed by atoms with Gasteiger partial charge in [-0.25, -0.2) is 0 Å². The lowest BCUT2D eigenvalue weighted by atomic mass is 10.0. The molecule has 0 aliphatic carbocycles. The summed E-state index contributed by atoms with van der Waals surface area (Å²) in [6.07, 6.45) is 1.11. The minimum absolute atomic E-state index is 0.142. The second-order valence-electron chi connectivity index (χ2n) is 6.74. The van der Waals surface area contributed by atoms with Crippen molar-refractivity contribution in [1.82, 2.24) is 5.32 Å². The molecule has 0 aliphatic heterocycles. The Kier molecular flexibility index (Phi) is 7.04. The Morgan fingerprint density at radius 2 is 1.59 bits per heavy atom. The van der Waals surface area contributed by atoms with Gasteiger partial charge in [-0.2, -0.15) is 0 Å². The van der Waals surface area contributed by atoms with Crippen molar-refractivity contribution < 1.29 is 9.59 Å². The summed E-state index contributed by atoms with van der Waals surface area (Å²) in [5, 5.41) is 5.93. The fourth-order valence-corrected chi connectivity index (χ4v) is 3.21. The number of rotatable bonds is 7. The molecule has 0 unspecified atom stereocenters. The van der Waals surface area contributed by atoms with Gasteiger partial charge in [0.15, 0.2) is 0 Å². The molecular formula is C24H23ClN2O2. The van der Waals surface area contributed by atoms with Crippen molar-refractivity contribution in [2.75, 3.05) is 11.9 Å². The predicted octanol–water partition coefficient (Wildman–Crippen LogP) is 5.33. The first-order valence-corrected chi connectivity index (χ1v) is 9.96. The molecular weight excluding hydrogens is 384 g/mol. The molecule has 29 heavy (non-hydrogen) atoms. The van der Waals surface area contributed by atoms with Crippen LogP contribution in [-0.2, 0) is 11.2 Å². The molecule has 2 N–H and O–H groups in total. The van der Waals surface area contributed by atoms with Gasteiger partial charge in [-0.15, -0.1) is 0 Å². The Morgan fingerprint density at radius 1 is 0.897 bits per heavy atom. The zero-order valence-corrected chi connectivity index (χ0v) is 17.0. The highest BCUT2D eigenvalue weighted by atomic mass is 35.5. The second-order valence-corrected chi connectivity index (χ2v) is 7.15. The summed E-state index contributed by atoms with van der Waals surface area (Å²) in [7, 11) is 0. The van der Waals surface area contributed by atoms with Crippen LogP contribution in [0, 0.1) is 0 Å². The standard InChI is InChI=1S/C24H23ClN2O2/c1-2-14-26-24(29)21-13-12-20(16-22(21)25)27-23(28)15-17-8-10-19(11-9-17)18-6-4-3-5-7-18/h3-13,16H,2,14-15H2,1H3,(H,26,29)(H,27,28). The molecule has 3 rings (SSSR count). The van der Waals surface area contributed by atoms with Crippen LogP contribution >= 0.6 is 11.6 Å². The van der Waals surface area contributed by atoms with E-state index in [0.29, 0.717) is 22.8 Å². The molecule has 0 aliphatic rings. The summed E-state index contributed by atoms with van der Waals surface area (Å²) in [4.78, 5) is 24.4. The molecule has 0 fully saturated rings. The fraction of sp³-hybridized carbons (Fsp3) is 0.167. The molecule has 3 aromatic rings. The van der Waals surface area contributed by atoms with Gasteiger partial charge >= 0.3 is 0 Å². The van der Waals surface area contributed by atoms with Crippen molar-refractivity contribution in [3.8, 4) is 11.1 Å². The van der Waals surface area contributed by atoms with E-state index >= 15 is 0 Å². The third-order valence-electron chi connectivity index (χ3n) is 4.46. The van der Waals surface area contributed by atoms with Crippen LogP contribution in [0.2, 0.25) is 5.02 Å². The summed E-state index contributed by atoms with van der Waals surface area (Å²) in [6, 6.07) is 22.9. The number of carbonyl (C=O) groups excluding carboxylic acids is 2. The minimum Gasteiger partial charge on any atom is -0.352 e. The SMILES string of the molecule is CCCNC(=O)c1ccc(NC(=O)Cc2ccc(-c3ccccc3)cc2)cc1Cl. The zero-order chi connectivity index (χ0) is 20.6. The van der Waals surface area contributed by atoms with E-state index in [1.165, 1.54) is 0 Å². The lowest BCUT2D eigenvalue weighted by Gasteiger charge is -2.10. The van der Waals surface area contributed by atoms with Gasteiger partial charge in [0.05, 0.1) is 17.0 Å². The molecule has 0 bridgehead atoms. The van der Waals surface area contributed by atoms with E-state index in [2.05, 4.69) is 22.8 Å². The Balaban J connectivity index is 1.60. The number of nitrogens with one attached hydrogen (secondary N) is 2. The highest BCUT2D eigenvalue weighted by Crippen LogP contribution is 2.22. The van der Waals surface area contributed by atoms with Crippen LogP contribution in [-0.4, -0.2) is 18.4 Å². The fourth-order valence-electron chi connectivity index (χ4n) is 2.95. The maximum absolute atomic E-state index is 12.4. The largest absolute Gasteiger partial charge is 0.352 e. The molecule has 0 radical (unpaired) electrons. The zero-order valence-electron chi connectivity index (χ0n) is 16.2. The van der Waals surface area contributed by atoms with Crippen LogP contribution in [0.3, 0.4) is 0 Å². The molecule has 0 aromatic heterocycles. The molecule has 5 heteroatoms. The van der Waals surface area contributed by atoms with Crippen molar-refractivity contribution in [2.24, 2.45) is 0 Å². The summed E-state index contributed by atoms with van der Waals surface area (Å²) >= 11 is 6.21. The quantitative estimate of drug-likeness (QED) is 0.557. The number of benzene rings is 3. The van der Waals surface area contributed by atoms with Crippen molar-refractivity contribution in [2.45, 2.75) is 19.8 Å². The Labute approximate surface area is 175 Å². The smallest absolute Gasteiger partial charge is 0.252 e. The van der Waals surface area contributed by atoms with Crippen LogP contribution < -0.4 is 10.6 Å². The van der Waals surface area contributed by atoms with Gasteiger partial charge in [0, 0.05) is 12.2 Å². The van der Waals surface area contributed by atoms with E-state index in [0.717, 1.165) is 23.1 Å². The van der Waals surface area contributed by atoms with Gasteiger partial charge in [0.2, 0.25) is 5.91 Å². The number of amides is 2. The number of halogens is 1. The molecule has 0 heterocycles. The summed E-state index contributed by atoms with van der Waals surface area (Å²) in [5.41, 5.74) is 4.13. The third kappa shape index (κ3) is 5.69.